The van der Waals surface area contributed by atoms with Crippen LogP contribution in [-0.2, 0) is 0 Å². The van der Waals surface area contributed by atoms with E-state index in [0.717, 1.165) is 0 Å². The first kappa shape index (κ1) is 15.1. The lowest BCUT2D eigenvalue weighted by atomic mass is 10.3. The van der Waals surface area contributed by atoms with Crippen molar-refractivity contribution in [1.29, 1.82) is 0 Å². The third-order valence-electron chi connectivity index (χ3n) is 2.47. The maximum Gasteiger partial charge on any atom is 0.326 e. The van der Waals surface area contributed by atoms with Crippen molar-refractivity contribution in [1.82, 2.24) is 5.32 Å². The number of urea groups is 1. The number of rotatable bonds is 4. The number of para-hydroxylation sites is 2. The molecule has 0 aliphatic rings. The van der Waals surface area contributed by atoms with Crippen molar-refractivity contribution < 1.29 is 14.3 Å². The number of thiophene rings is 1. The SMILES string of the molecule is CC(C)Oc1ccccc1NC(=O)NC(=O)c1cccs1. The summed E-state index contributed by atoms with van der Waals surface area (Å²) in [4.78, 5) is 24.1. The molecule has 2 rings (SSSR count). The number of imide groups is 1. The topological polar surface area (TPSA) is 67.4 Å². The van der Waals surface area contributed by atoms with Gasteiger partial charge in [0, 0.05) is 0 Å². The van der Waals surface area contributed by atoms with Crippen LogP contribution in [0.25, 0.3) is 0 Å². The maximum absolute atomic E-state index is 11.9. The number of ether oxygens (including phenoxy) is 1. The van der Waals surface area contributed by atoms with Crippen molar-refractivity contribution >= 4 is 29.0 Å². The molecule has 1 aromatic carbocycles. The highest BCUT2D eigenvalue weighted by Crippen LogP contribution is 2.24. The molecule has 3 amide bonds. The Morgan fingerprint density at radius 2 is 1.90 bits per heavy atom. The largest absolute Gasteiger partial charge is 0.489 e. The molecule has 2 aromatic rings. The lowest BCUT2D eigenvalue weighted by molar-refractivity contribution is 0.0971. The second-order valence-corrected chi connectivity index (χ2v) is 5.50. The summed E-state index contributed by atoms with van der Waals surface area (Å²) in [7, 11) is 0. The van der Waals surface area contributed by atoms with Crippen molar-refractivity contribution in [3.05, 3.63) is 46.7 Å². The van der Waals surface area contributed by atoms with Gasteiger partial charge in [0.2, 0.25) is 0 Å². The second kappa shape index (κ2) is 6.90. The number of hydrogen-bond acceptors (Lipinski definition) is 4. The van der Waals surface area contributed by atoms with E-state index < -0.39 is 11.9 Å². The molecule has 0 aliphatic heterocycles. The Balaban J connectivity index is 2.01. The van der Waals surface area contributed by atoms with E-state index in [-0.39, 0.29) is 6.10 Å². The third-order valence-corrected chi connectivity index (χ3v) is 3.34. The van der Waals surface area contributed by atoms with Crippen molar-refractivity contribution in [3.63, 3.8) is 0 Å². The van der Waals surface area contributed by atoms with Gasteiger partial charge >= 0.3 is 6.03 Å². The van der Waals surface area contributed by atoms with Crippen LogP contribution >= 0.6 is 11.3 Å². The number of hydrogen-bond donors (Lipinski definition) is 2. The molecule has 0 fully saturated rings. The summed E-state index contributed by atoms with van der Waals surface area (Å²) < 4.78 is 5.60. The minimum atomic E-state index is -0.590. The van der Waals surface area contributed by atoms with Gasteiger partial charge in [0.15, 0.2) is 0 Å². The minimum absolute atomic E-state index is 0.0104. The molecule has 0 unspecified atom stereocenters. The molecule has 5 nitrogen and oxygen atoms in total. The summed E-state index contributed by atoms with van der Waals surface area (Å²) in [6.07, 6.45) is -0.0104. The summed E-state index contributed by atoms with van der Waals surface area (Å²) in [6.45, 7) is 3.80. The normalized spacial score (nSPS) is 10.2. The fourth-order valence-corrected chi connectivity index (χ4v) is 2.27. The van der Waals surface area contributed by atoms with E-state index in [0.29, 0.717) is 16.3 Å². The summed E-state index contributed by atoms with van der Waals surface area (Å²) in [6, 6.07) is 9.89. The number of amides is 3. The smallest absolute Gasteiger partial charge is 0.326 e. The fourth-order valence-electron chi connectivity index (χ4n) is 1.65. The molecular weight excluding hydrogens is 288 g/mol. The number of nitrogens with one attached hydrogen (secondary N) is 2. The van der Waals surface area contributed by atoms with E-state index in [1.54, 1.807) is 35.7 Å². The van der Waals surface area contributed by atoms with Crippen LogP contribution in [0.4, 0.5) is 10.5 Å². The number of anilines is 1. The Kier molecular flexibility index (Phi) is 4.94. The second-order valence-electron chi connectivity index (χ2n) is 4.55. The van der Waals surface area contributed by atoms with Gasteiger partial charge in [0.1, 0.15) is 5.75 Å². The summed E-state index contributed by atoms with van der Waals surface area (Å²) >= 11 is 1.27. The van der Waals surface area contributed by atoms with E-state index >= 15 is 0 Å². The highest BCUT2D eigenvalue weighted by molar-refractivity contribution is 7.12. The standard InChI is InChI=1S/C15H16N2O3S/c1-10(2)20-12-7-4-3-6-11(12)16-15(19)17-14(18)13-8-5-9-21-13/h3-10H,1-2H3,(H2,16,17,18,19). The molecule has 21 heavy (non-hydrogen) atoms. The minimum Gasteiger partial charge on any atom is -0.489 e. The molecule has 6 heteroatoms. The van der Waals surface area contributed by atoms with Gasteiger partial charge in [-0.3, -0.25) is 10.1 Å². The average molecular weight is 304 g/mol. The van der Waals surface area contributed by atoms with Crippen LogP contribution in [0.1, 0.15) is 23.5 Å². The quantitative estimate of drug-likeness (QED) is 0.908. The van der Waals surface area contributed by atoms with Crippen molar-refractivity contribution in [2.75, 3.05) is 5.32 Å². The van der Waals surface area contributed by atoms with Crippen LogP contribution in [0.5, 0.6) is 5.75 Å². The highest BCUT2D eigenvalue weighted by atomic mass is 32.1. The monoisotopic (exact) mass is 304 g/mol. The van der Waals surface area contributed by atoms with Crippen LogP contribution in [0, 0.1) is 0 Å². The van der Waals surface area contributed by atoms with Crippen LogP contribution in [0.15, 0.2) is 41.8 Å². The highest BCUT2D eigenvalue weighted by Gasteiger charge is 2.13. The summed E-state index contributed by atoms with van der Waals surface area (Å²) in [5.74, 6) is 0.135. The molecule has 0 aliphatic carbocycles. The molecule has 110 valence electrons. The summed E-state index contributed by atoms with van der Waals surface area (Å²) in [5, 5.41) is 6.67. The number of carbonyl (C=O) groups excluding carboxylic acids is 2. The lowest BCUT2D eigenvalue weighted by Crippen LogP contribution is -2.34. The Hall–Kier alpha value is -2.34. The van der Waals surface area contributed by atoms with Gasteiger partial charge in [-0.1, -0.05) is 18.2 Å². The van der Waals surface area contributed by atoms with Gasteiger partial charge in [-0.15, -0.1) is 11.3 Å². The van der Waals surface area contributed by atoms with Gasteiger partial charge < -0.3 is 10.1 Å². The van der Waals surface area contributed by atoms with Gasteiger partial charge in [0.25, 0.3) is 5.91 Å². The van der Waals surface area contributed by atoms with Gasteiger partial charge in [-0.05, 0) is 37.4 Å². The van der Waals surface area contributed by atoms with Crippen LogP contribution in [0.2, 0.25) is 0 Å². The lowest BCUT2D eigenvalue weighted by Gasteiger charge is -2.14. The molecule has 0 saturated heterocycles. The first-order chi connectivity index (χ1) is 10.1. The molecule has 0 spiro atoms. The Labute approximate surface area is 126 Å². The Morgan fingerprint density at radius 3 is 2.57 bits per heavy atom. The molecule has 1 heterocycles. The van der Waals surface area contributed by atoms with Crippen LogP contribution in [-0.4, -0.2) is 18.0 Å². The van der Waals surface area contributed by atoms with Gasteiger partial charge in [-0.25, -0.2) is 4.79 Å². The van der Waals surface area contributed by atoms with E-state index in [1.165, 1.54) is 11.3 Å². The Morgan fingerprint density at radius 1 is 1.14 bits per heavy atom. The first-order valence-electron chi connectivity index (χ1n) is 6.48. The van der Waals surface area contributed by atoms with E-state index in [2.05, 4.69) is 10.6 Å². The number of carbonyl (C=O) groups is 2. The number of benzene rings is 1. The van der Waals surface area contributed by atoms with Crippen LogP contribution in [0.3, 0.4) is 0 Å². The zero-order valence-corrected chi connectivity index (χ0v) is 12.6. The van der Waals surface area contributed by atoms with E-state index in [1.807, 2.05) is 19.9 Å². The maximum atomic E-state index is 11.9. The molecule has 0 atom stereocenters. The molecule has 0 radical (unpaired) electrons. The predicted octanol–water partition coefficient (Wildman–Crippen LogP) is 3.50. The predicted molar refractivity (Wildman–Crippen MR) is 83.0 cm³/mol. The third kappa shape index (κ3) is 4.32. The zero-order chi connectivity index (χ0) is 15.2. The Bertz CT molecular complexity index is 624. The van der Waals surface area contributed by atoms with Crippen molar-refractivity contribution in [2.45, 2.75) is 20.0 Å². The fraction of sp³-hybridized carbons (Fsp3) is 0.200. The van der Waals surface area contributed by atoms with E-state index in [4.69, 9.17) is 4.74 Å². The average Bonchev–Trinajstić information content (AvgIpc) is 2.94. The molecule has 0 saturated carbocycles. The van der Waals surface area contributed by atoms with E-state index in [9.17, 15) is 9.59 Å². The van der Waals surface area contributed by atoms with Crippen molar-refractivity contribution in [3.8, 4) is 5.75 Å². The van der Waals surface area contributed by atoms with Crippen LogP contribution < -0.4 is 15.4 Å². The van der Waals surface area contributed by atoms with Gasteiger partial charge in [-0.2, -0.15) is 0 Å². The molecule has 0 bridgehead atoms. The summed E-state index contributed by atoms with van der Waals surface area (Å²) in [5.41, 5.74) is 0.516. The zero-order valence-electron chi connectivity index (χ0n) is 11.8. The molecule has 2 N–H and O–H groups in total. The molecular formula is C15H16N2O3S. The first-order valence-corrected chi connectivity index (χ1v) is 7.35. The van der Waals surface area contributed by atoms with Crippen molar-refractivity contribution in [2.24, 2.45) is 0 Å². The van der Waals surface area contributed by atoms with Gasteiger partial charge in [0.05, 0.1) is 16.7 Å². The molecule has 1 aromatic heterocycles.